The highest BCUT2D eigenvalue weighted by Gasteiger charge is 1.99. The Morgan fingerprint density at radius 2 is 1.56 bits per heavy atom. The van der Waals surface area contributed by atoms with Crippen LogP contribution in [-0.4, -0.2) is 0 Å². The van der Waals surface area contributed by atoms with Crippen molar-refractivity contribution in [2.45, 2.75) is 11.8 Å². The highest BCUT2D eigenvalue weighted by Crippen LogP contribution is 2.22. The maximum absolute atomic E-state index is 5.20. The van der Waals surface area contributed by atoms with E-state index in [1.165, 1.54) is 12.0 Å². The lowest BCUT2D eigenvalue weighted by Gasteiger charge is -2.05. The molecular weight excluding hydrogens is 220 g/mol. The zero-order valence-electron chi connectivity index (χ0n) is 8.92. The van der Waals surface area contributed by atoms with Crippen LogP contribution in [0.3, 0.4) is 0 Å². The summed E-state index contributed by atoms with van der Waals surface area (Å²) in [5.74, 6) is 0.742. The van der Waals surface area contributed by atoms with Crippen molar-refractivity contribution in [2.24, 2.45) is 0 Å². The average molecular weight is 232 g/mol. The molecule has 2 aromatic carbocycles. The van der Waals surface area contributed by atoms with Gasteiger partial charge in [-0.25, -0.2) is 0 Å². The smallest absolute Gasteiger partial charge is 0.169 e. The first-order valence-corrected chi connectivity index (χ1v) is 5.72. The predicted octanol–water partition coefficient (Wildman–Crippen LogP) is 4.01. The van der Waals surface area contributed by atoms with E-state index < -0.39 is 0 Å². The zero-order valence-corrected chi connectivity index (χ0v) is 9.74. The minimum absolute atomic E-state index is 0.742. The molecule has 0 aromatic heterocycles. The largest absolute Gasteiger partial charge is 0.325 e. The summed E-state index contributed by atoms with van der Waals surface area (Å²) in [6.45, 7) is 1.98. The fourth-order valence-electron chi connectivity index (χ4n) is 1.22. The molecule has 2 nitrogen and oxygen atoms in total. The van der Waals surface area contributed by atoms with Gasteiger partial charge >= 0.3 is 0 Å². The molecule has 0 aliphatic heterocycles. The molecular formula is C13H12O2S. The maximum Gasteiger partial charge on any atom is 0.169 e. The number of hydrogen-bond donors (Lipinski definition) is 0. The van der Waals surface area contributed by atoms with Gasteiger partial charge < -0.3 is 4.89 Å². The lowest BCUT2D eigenvalue weighted by Crippen LogP contribution is -1.91. The summed E-state index contributed by atoms with van der Waals surface area (Å²) in [5, 5.41) is 0. The first kappa shape index (κ1) is 11.0. The zero-order chi connectivity index (χ0) is 11.2. The van der Waals surface area contributed by atoms with Crippen LogP contribution in [-0.2, 0) is 4.33 Å². The summed E-state index contributed by atoms with van der Waals surface area (Å²) in [4.78, 5) is 6.21. The lowest BCUT2D eigenvalue weighted by atomic mass is 10.2. The summed E-state index contributed by atoms with van der Waals surface area (Å²) < 4.78 is 5.10. The molecule has 0 radical (unpaired) electrons. The lowest BCUT2D eigenvalue weighted by molar-refractivity contribution is -0.0783. The molecule has 0 spiro atoms. The summed E-state index contributed by atoms with van der Waals surface area (Å²) in [6.07, 6.45) is 0. The molecule has 16 heavy (non-hydrogen) atoms. The molecule has 3 heteroatoms. The van der Waals surface area contributed by atoms with Crippen LogP contribution in [0.25, 0.3) is 0 Å². The third-order valence-electron chi connectivity index (χ3n) is 2.09. The van der Waals surface area contributed by atoms with Crippen molar-refractivity contribution in [3.63, 3.8) is 0 Å². The molecule has 0 saturated carbocycles. The van der Waals surface area contributed by atoms with Gasteiger partial charge in [0.2, 0.25) is 0 Å². The summed E-state index contributed by atoms with van der Waals surface area (Å²) in [6, 6.07) is 17.5. The molecule has 82 valence electrons. The van der Waals surface area contributed by atoms with E-state index >= 15 is 0 Å². The molecule has 0 fully saturated rings. The fraction of sp³-hybridized carbons (Fsp3) is 0.0769. The molecule has 0 aliphatic carbocycles. The standard InChI is InChI=1S/C13H12O2S/c1-11-7-5-6-10-13(11)14-15-16-12-8-3-2-4-9-12/h2-10H,1H3. The quantitative estimate of drug-likeness (QED) is 0.451. The van der Waals surface area contributed by atoms with Crippen LogP contribution >= 0.6 is 12.0 Å². The van der Waals surface area contributed by atoms with Crippen LogP contribution in [0, 0.1) is 6.92 Å². The van der Waals surface area contributed by atoms with E-state index in [2.05, 4.69) is 0 Å². The Hall–Kier alpha value is -1.45. The summed E-state index contributed by atoms with van der Waals surface area (Å²) >= 11 is 1.20. The van der Waals surface area contributed by atoms with Crippen LogP contribution in [0.2, 0.25) is 0 Å². The van der Waals surface area contributed by atoms with Crippen molar-refractivity contribution < 1.29 is 9.22 Å². The first-order chi connectivity index (χ1) is 7.86. The van der Waals surface area contributed by atoms with E-state index in [0.29, 0.717) is 0 Å². The van der Waals surface area contributed by atoms with E-state index in [9.17, 15) is 0 Å². The Labute approximate surface area is 99.3 Å². The Morgan fingerprint density at radius 3 is 2.31 bits per heavy atom. The van der Waals surface area contributed by atoms with Crippen molar-refractivity contribution in [1.82, 2.24) is 0 Å². The number of rotatable bonds is 4. The third kappa shape index (κ3) is 3.02. The Morgan fingerprint density at radius 1 is 0.875 bits per heavy atom. The fourth-order valence-corrected chi connectivity index (χ4v) is 1.67. The molecule has 0 atom stereocenters. The van der Waals surface area contributed by atoms with Crippen molar-refractivity contribution in [2.75, 3.05) is 0 Å². The van der Waals surface area contributed by atoms with E-state index in [1.54, 1.807) is 0 Å². The SMILES string of the molecule is Cc1ccccc1OOSc1ccccc1. The molecule has 2 rings (SSSR count). The van der Waals surface area contributed by atoms with E-state index in [-0.39, 0.29) is 0 Å². The molecule has 0 heterocycles. The van der Waals surface area contributed by atoms with Crippen LogP contribution in [0.15, 0.2) is 59.5 Å². The van der Waals surface area contributed by atoms with Gasteiger partial charge in [0.05, 0.1) is 12.0 Å². The second-order valence-corrected chi connectivity index (χ2v) is 4.09. The van der Waals surface area contributed by atoms with Gasteiger partial charge in [-0.1, -0.05) is 36.4 Å². The second kappa shape index (κ2) is 5.58. The van der Waals surface area contributed by atoms with Crippen molar-refractivity contribution >= 4 is 12.0 Å². The molecule has 0 saturated heterocycles. The normalized spacial score (nSPS) is 10.1. The Kier molecular flexibility index (Phi) is 3.86. The van der Waals surface area contributed by atoms with Crippen LogP contribution in [0.5, 0.6) is 5.75 Å². The topological polar surface area (TPSA) is 18.5 Å². The van der Waals surface area contributed by atoms with Crippen molar-refractivity contribution in [3.05, 3.63) is 60.2 Å². The van der Waals surface area contributed by atoms with Crippen LogP contribution in [0.4, 0.5) is 0 Å². The Bertz CT molecular complexity index is 443. The third-order valence-corrected chi connectivity index (χ3v) is 2.69. The van der Waals surface area contributed by atoms with Gasteiger partial charge in [-0.3, -0.25) is 0 Å². The molecule has 0 unspecified atom stereocenters. The minimum Gasteiger partial charge on any atom is -0.325 e. The van der Waals surface area contributed by atoms with Gasteiger partial charge in [0.1, 0.15) is 0 Å². The van der Waals surface area contributed by atoms with E-state index in [0.717, 1.165) is 16.2 Å². The van der Waals surface area contributed by atoms with Gasteiger partial charge in [0.15, 0.2) is 5.75 Å². The highest BCUT2D eigenvalue weighted by atomic mass is 32.2. The van der Waals surface area contributed by atoms with E-state index in [1.807, 2.05) is 61.5 Å². The maximum atomic E-state index is 5.20. The number of hydrogen-bond acceptors (Lipinski definition) is 3. The van der Waals surface area contributed by atoms with E-state index in [4.69, 9.17) is 9.22 Å². The van der Waals surface area contributed by atoms with Gasteiger partial charge in [0.25, 0.3) is 0 Å². The molecule has 0 aliphatic rings. The monoisotopic (exact) mass is 232 g/mol. The molecule has 0 N–H and O–H groups in total. The Balaban J connectivity index is 1.87. The summed E-state index contributed by atoms with van der Waals surface area (Å²) in [5.41, 5.74) is 1.05. The van der Waals surface area contributed by atoms with Gasteiger partial charge in [-0.05, 0) is 30.7 Å². The van der Waals surface area contributed by atoms with Crippen molar-refractivity contribution in [3.8, 4) is 5.75 Å². The summed E-state index contributed by atoms with van der Waals surface area (Å²) in [7, 11) is 0. The van der Waals surface area contributed by atoms with Crippen LogP contribution < -0.4 is 4.89 Å². The van der Waals surface area contributed by atoms with Gasteiger partial charge in [-0.15, -0.1) is 4.33 Å². The predicted molar refractivity (Wildman–Crippen MR) is 65.2 cm³/mol. The minimum atomic E-state index is 0.742. The van der Waals surface area contributed by atoms with Gasteiger partial charge in [-0.2, -0.15) is 0 Å². The van der Waals surface area contributed by atoms with Crippen molar-refractivity contribution in [1.29, 1.82) is 0 Å². The average Bonchev–Trinajstić information content (AvgIpc) is 2.33. The molecule has 0 amide bonds. The van der Waals surface area contributed by atoms with Crippen LogP contribution in [0.1, 0.15) is 5.56 Å². The second-order valence-electron chi connectivity index (χ2n) is 3.31. The first-order valence-electron chi connectivity index (χ1n) is 4.98. The highest BCUT2D eigenvalue weighted by molar-refractivity contribution is 7.94. The molecule has 2 aromatic rings. The number of para-hydroxylation sites is 1. The molecule has 0 bridgehead atoms. The number of aryl methyl sites for hydroxylation is 1. The number of benzene rings is 2. The van der Waals surface area contributed by atoms with Gasteiger partial charge in [0, 0.05) is 4.90 Å².